The highest BCUT2D eigenvalue weighted by molar-refractivity contribution is 8.18. The van der Waals surface area contributed by atoms with Gasteiger partial charge in [0.2, 0.25) is 0 Å². The van der Waals surface area contributed by atoms with Crippen LogP contribution in [0.1, 0.15) is 22.3 Å². The molecule has 3 aromatic rings. The van der Waals surface area contributed by atoms with Gasteiger partial charge in [-0.2, -0.15) is 0 Å². The quantitative estimate of drug-likeness (QED) is 0.442. The summed E-state index contributed by atoms with van der Waals surface area (Å²) in [4.78, 5) is 26.8. The van der Waals surface area contributed by atoms with E-state index >= 15 is 0 Å². The summed E-state index contributed by atoms with van der Waals surface area (Å²) in [7, 11) is 0. The molecule has 1 fully saturated rings. The number of carbonyl (C=O) groups is 2. The monoisotopic (exact) mass is 429 g/mol. The molecule has 1 aliphatic heterocycles. The maximum absolute atomic E-state index is 12.7. The Labute approximate surface area is 186 Å². The molecule has 0 saturated carbocycles. The van der Waals surface area contributed by atoms with Crippen molar-refractivity contribution in [1.29, 1.82) is 0 Å². The van der Waals surface area contributed by atoms with E-state index in [9.17, 15) is 9.59 Å². The summed E-state index contributed by atoms with van der Waals surface area (Å²) in [5.74, 6) is 0.527. The van der Waals surface area contributed by atoms with Gasteiger partial charge in [-0.05, 0) is 53.6 Å². The molecule has 3 aromatic carbocycles. The third-order valence-electron chi connectivity index (χ3n) is 5.02. The Kier molecular flexibility index (Phi) is 6.53. The van der Waals surface area contributed by atoms with Crippen LogP contribution < -0.4 is 4.74 Å². The minimum atomic E-state index is -0.251. The number of ether oxygens (including phenoxy) is 1. The van der Waals surface area contributed by atoms with E-state index < -0.39 is 0 Å². The number of imide groups is 1. The van der Waals surface area contributed by atoms with E-state index in [0.717, 1.165) is 40.6 Å². The van der Waals surface area contributed by atoms with E-state index in [-0.39, 0.29) is 17.7 Å². The zero-order valence-electron chi connectivity index (χ0n) is 17.3. The van der Waals surface area contributed by atoms with Crippen molar-refractivity contribution in [2.24, 2.45) is 0 Å². The van der Waals surface area contributed by atoms with Crippen molar-refractivity contribution in [2.75, 3.05) is 6.61 Å². The van der Waals surface area contributed by atoms with Gasteiger partial charge in [0, 0.05) is 6.42 Å². The van der Waals surface area contributed by atoms with E-state index in [0.29, 0.717) is 11.5 Å². The van der Waals surface area contributed by atoms with Crippen molar-refractivity contribution in [1.82, 2.24) is 4.90 Å². The van der Waals surface area contributed by atoms with Crippen molar-refractivity contribution in [3.05, 3.63) is 106 Å². The summed E-state index contributed by atoms with van der Waals surface area (Å²) >= 11 is 0.982. The second-order valence-electron chi connectivity index (χ2n) is 7.41. The van der Waals surface area contributed by atoms with Crippen LogP contribution in [0.2, 0.25) is 0 Å². The van der Waals surface area contributed by atoms with Gasteiger partial charge in [-0.15, -0.1) is 0 Å². The molecule has 156 valence electrons. The number of amides is 2. The van der Waals surface area contributed by atoms with E-state index in [1.54, 1.807) is 6.08 Å². The van der Waals surface area contributed by atoms with Gasteiger partial charge in [0.1, 0.15) is 5.75 Å². The zero-order valence-corrected chi connectivity index (χ0v) is 18.1. The number of rotatable bonds is 7. The van der Waals surface area contributed by atoms with Gasteiger partial charge in [-0.3, -0.25) is 14.5 Å². The molecule has 0 N–H and O–H groups in total. The Balaban J connectivity index is 1.36. The minimum absolute atomic E-state index is 0.238. The van der Waals surface area contributed by atoms with Crippen LogP contribution >= 0.6 is 11.8 Å². The van der Waals surface area contributed by atoms with Crippen molar-refractivity contribution in [2.45, 2.75) is 19.9 Å². The van der Waals surface area contributed by atoms with Gasteiger partial charge in [0.05, 0.1) is 18.1 Å². The summed E-state index contributed by atoms with van der Waals surface area (Å²) < 4.78 is 5.81. The van der Waals surface area contributed by atoms with E-state index in [4.69, 9.17) is 4.74 Å². The summed E-state index contributed by atoms with van der Waals surface area (Å²) in [6.45, 7) is 2.89. The highest BCUT2D eigenvalue weighted by atomic mass is 32.2. The lowest BCUT2D eigenvalue weighted by atomic mass is 10.1. The fraction of sp³-hybridized carbons (Fsp3) is 0.154. The molecule has 4 rings (SSSR count). The Morgan fingerprint density at radius 1 is 0.871 bits per heavy atom. The SMILES string of the molecule is Cc1ccc(CN2C(=O)SC(=Cc3ccc(OCCc4ccccc4)cc3)C2=O)cc1. The average molecular weight is 430 g/mol. The van der Waals surface area contributed by atoms with Crippen LogP contribution in [0.25, 0.3) is 6.08 Å². The molecule has 0 atom stereocenters. The minimum Gasteiger partial charge on any atom is -0.493 e. The topological polar surface area (TPSA) is 46.6 Å². The van der Waals surface area contributed by atoms with E-state index in [1.165, 1.54) is 10.5 Å². The molecule has 0 aromatic heterocycles. The number of carbonyl (C=O) groups excluding carboxylic acids is 2. The maximum Gasteiger partial charge on any atom is 0.293 e. The van der Waals surface area contributed by atoms with E-state index in [1.807, 2.05) is 73.7 Å². The summed E-state index contributed by atoms with van der Waals surface area (Å²) in [5, 5.41) is -0.238. The van der Waals surface area contributed by atoms with Gasteiger partial charge in [-0.1, -0.05) is 72.3 Å². The van der Waals surface area contributed by atoms with Crippen LogP contribution in [0.4, 0.5) is 4.79 Å². The number of hydrogen-bond acceptors (Lipinski definition) is 4. The maximum atomic E-state index is 12.7. The third-order valence-corrected chi connectivity index (χ3v) is 5.92. The lowest BCUT2D eigenvalue weighted by Crippen LogP contribution is -2.27. The predicted molar refractivity (Wildman–Crippen MR) is 125 cm³/mol. The molecule has 0 unspecified atom stereocenters. The van der Waals surface area contributed by atoms with E-state index in [2.05, 4.69) is 12.1 Å². The number of aryl methyl sites for hydroxylation is 1. The number of nitrogens with zero attached hydrogens (tertiary/aromatic N) is 1. The molecule has 31 heavy (non-hydrogen) atoms. The van der Waals surface area contributed by atoms with Crippen LogP contribution in [0.5, 0.6) is 5.75 Å². The zero-order chi connectivity index (χ0) is 21.6. The Morgan fingerprint density at radius 3 is 2.29 bits per heavy atom. The molecule has 5 heteroatoms. The molecular weight excluding hydrogens is 406 g/mol. The van der Waals surface area contributed by atoms with Crippen molar-refractivity contribution >= 4 is 29.0 Å². The molecule has 0 radical (unpaired) electrons. The largest absolute Gasteiger partial charge is 0.493 e. The molecule has 1 saturated heterocycles. The first-order valence-electron chi connectivity index (χ1n) is 10.2. The third kappa shape index (κ3) is 5.44. The second-order valence-corrected chi connectivity index (χ2v) is 8.40. The molecule has 0 aliphatic carbocycles. The molecular formula is C26H23NO3S. The van der Waals surface area contributed by atoms with Gasteiger partial charge in [0.25, 0.3) is 11.1 Å². The standard InChI is InChI=1S/C26H23NO3S/c1-19-7-9-22(10-8-19)18-27-25(28)24(31-26(27)29)17-21-11-13-23(14-12-21)30-16-15-20-5-3-2-4-6-20/h2-14,17H,15-16,18H2,1H3. The van der Waals surface area contributed by atoms with Crippen LogP contribution in [0, 0.1) is 6.92 Å². The van der Waals surface area contributed by atoms with Gasteiger partial charge >= 0.3 is 0 Å². The van der Waals surface area contributed by atoms with Crippen LogP contribution in [-0.2, 0) is 17.8 Å². The number of hydrogen-bond donors (Lipinski definition) is 0. The van der Waals surface area contributed by atoms with Crippen LogP contribution in [0.3, 0.4) is 0 Å². The normalized spacial score (nSPS) is 15.0. The predicted octanol–water partition coefficient (Wildman–Crippen LogP) is 5.85. The van der Waals surface area contributed by atoms with Gasteiger partial charge in [-0.25, -0.2) is 0 Å². The fourth-order valence-electron chi connectivity index (χ4n) is 3.26. The van der Waals surface area contributed by atoms with Gasteiger partial charge in [0.15, 0.2) is 0 Å². The Hall–Kier alpha value is -3.31. The fourth-order valence-corrected chi connectivity index (χ4v) is 4.09. The van der Waals surface area contributed by atoms with Gasteiger partial charge < -0.3 is 4.74 Å². The average Bonchev–Trinajstić information content (AvgIpc) is 3.04. The highest BCUT2D eigenvalue weighted by Crippen LogP contribution is 2.33. The molecule has 0 bridgehead atoms. The lowest BCUT2D eigenvalue weighted by molar-refractivity contribution is -0.123. The molecule has 1 heterocycles. The molecule has 4 nitrogen and oxygen atoms in total. The Morgan fingerprint density at radius 2 is 1.58 bits per heavy atom. The van der Waals surface area contributed by atoms with Crippen molar-refractivity contribution in [3.63, 3.8) is 0 Å². The summed E-state index contributed by atoms with van der Waals surface area (Å²) in [6.07, 6.45) is 2.60. The van der Waals surface area contributed by atoms with Crippen LogP contribution in [0.15, 0.2) is 83.8 Å². The number of thioether (sulfide) groups is 1. The molecule has 1 aliphatic rings. The first-order chi connectivity index (χ1) is 15.1. The first kappa shape index (κ1) is 20.9. The number of benzene rings is 3. The van der Waals surface area contributed by atoms with Crippen LogP contribution in [-0.4, -0.2) is 22.7 Å². The molecule has 2 amide bonds. The molecule has 0 spiro atoms. The smallest absolute Gasteiger partial charge is 0.293 e. The summed E-state index contributed by atoms with van der Waals surface area (Å²) in [6, 6.07) is 25.6. The first-order valence-corrected chi connectivity index (χ1v) is 11.0. The second kappa shape index (κ2) is 9.67. The lowest BCUT2D eigenvalue weighted by Gasteiger charge is -2.12. The van der Waals surface area contributed by atoms with Crippen molar-refractivity contribution in [3.8, 4) is 5.75 Å². The highest BCUT2D eigenvalue weighted by Gasteiger charge is 2.34. The summed E-state index contributed by atoms with van der Waals surface area (Å²) in [5.41, 5.74) is 4.17. The Bertz CT molecular complexity index is 1090. The van der Waals surface area contributed by atoms with Crippen molar-refractivity contribution < 1.29 is 14.3 Å².